The van der Waals surface area contributed by atoms with Crippen LogP contribution in [0.25, 0.3) is 0 Å². The molecule has 4 heteroatoms. The maximum Gasteiger partial charge on any atom is 0.335 e. The molecule has 0 saturated carbocycles. The molecule has 4 nitrogen and oxygen atoms in total. The first-order valence-electron chi connectivity index (χ1n) is 11.6. The Morgan fingerprint density at radius 3 is 1.38 bits per heavy atom. The van der Waals surface area contributed by atoms with E-state index in [1.165, 1.54) is 89.9 Å². The van der Waals surface area contributed by atoms with Crippen LogP contribution in [0.4, 0.5) is 0 Å². The molecule has 166 valence electrons. The van der Waals surface area contributed by atoms with Crippen molar-refractivity contribution < 1.29 is 14.7 Å². The van der Waals surface area contributed by atoms with E-state index in [2.05, 4.69) is 6.92 Å². The molecule has 0 aliphatic carbocycles. The normalized spacial score (nSPS) is 10.2. The summed E-state index contributed by atoms with van der Waals surface area (Å²) in [5.41, 5.74) is 5.44. The lowest BCUT2D eigenvalue weighted by Crippen LogP contribution is -2.09. The summed E-state index contributed by atoms with van der Waals surface area (Å²) in [4.78, 5) is 20.8. The zero-order valence-corrected chi connectivity index (χ0v) is 18.5. The van der Waals surface area contributed by atoms with Crippen LogP contribution in [0.1, 0.15) is 120 Å². The molecular weight excluding hydrogens is 362 g/mol. The highest BCUT2D eigenvalue weighted by Crippen LogP contribution is 2.13. The molecule has 0 unspecified atom stereocenters. The van der Waals surface area contributed by atoms with Crippen molar-refractivity contribution in [3.05, 3.63) is 35.9 Å². The maximum absolute atomic E-state index is 10.6. The van der Waals surface area contributed by atoms with Gasteiger partial charge < -0.3 is 10.8 Å². The molecular formula is C25H43NO3. The Balaban J connectivity index is 0.000000717. The van der Waals surface area contributed by atoms with Crippen LogP contribution in [0.2, 0.25) is 0 Å². The van der Waals surface area contributed by atoms with Gasteiger partial charge in [0.05, 0.1) is 5.56 Å². The van der Waals surface area contributed by atoms with E-state index in [9.17, 15) is 9.59 Å². The molecule has 0 fully saturated rings. The van der Waals surface area contributed by atoms with Gasteiger partial charge in [0.2, 0.25) is 5.91 Å². The number of benzene rings is 1. The van der Waals surface area contributed by atoms with Gasteiger partial charge in [-0.2, -0.15) is 0 Å². The van der Waals surface area contributed by atoms with Crippen LogP contribution >= 0.6 is 0 Å². The number of carbonyl (C=O) groups excluding carboxylic acids is 1. The lowest BCUT2D eigenvalue weighted by atomic mass is 10.0. The van der Waals surface area contributed by atoms with Gasteiger partial charge in [0.15, 0.2) is 0 Å². The number of hydrogen-bond donors (Lipinski definition) is 2. The summed E-state index contributed by atoms with van der Waals surface area (Å²) < 4.78 is 0. The second-order valence-corrected chi connectivity index (χ2v) is 7.84. The average Bonchev–Trinajstić information content (AvgIpc) is 2.72. The third-order valence-corrected chi connectivity index (χ3v) is 5.05. The lowest BCUT2D eigenvalue weighted by molar-refractivity contribution is -0.118. The molecule has 0 bridgehead atoms. The van der Waals surface area contributed by atoms with Crippen LogP contribution in [-0.2, 0) is 4.79 Å². The minimum atomic E-state index is -0.879. The molecule has 1 rings (SSSR count). The molecule has 1 aromatic carbocycles. The van der Waals surface area contributed by atoms with E-state index in [1.54, 1.807) is 30.3 Å². The fourth-order valence-electron chi connectivity index (χ4n) is 3.25. The first kappa shape index (κ1) is 27.2. The number of unbranched alkanes of at least 4 members (excludes halogenated alkanes) is 14. The fraction of sp³-hybridized carbons (Fsp3) is 0.680. The van der Waals surface area contributed by atoms with Gasteiger partial charge in [0.25, 0.3) is 0 Å². The Morgan fingerprint density at radius 2 is 1.07 bits per heavy atom. The number of nitrogens with two attached hydrogens (primary N) is 1. The van der Waals surface area contributed by atoms with Crippen molar-refractivity contribution in [2.45, 2.75) is 110 Å². The first-order chi connectivity index (χ1) is 14.1. The summed E-state index contributed by atoms with van der Waals surface area (Å²) in [6, 6.07) is 8.30. The molecule has 0 aromatic heterocycles. The third kappa shape index (κ3) is 20.7. The number of aromatic carboxylic acids is 1. The molecule has 0 atom stereocenters. The van der Waals surface area contributed by atoms with Gasteiger partial charge in [-0.3, -0.25) is 4.79 Å². The van der Waals surface area contributed by atoms with Crippen LogP contribution < -0.4 is 5.73 Å². The van der Waals surface area contributed by atoms with Gasteiger partial charge >= 0.3 is 5.97 Å². The molecule has 1 amide bonds. The molecule has 0 spiro atoms. The van der Waals surface area contributed by atoms with Crippen LogP contribution in [-0.4, -0.2) is 17.0 Å². The smallest absolute Gasteiger partial charge is 0.335 e. The van der Waals surface area contributed by atoms with E-state index in [-0.39, 0.29) is 5.91 Å². The van der Waals surface area contributed by atoms with Crippen molar-refractivity contribution in [2.75, 3.05) is 0 Å². The Kier molecular flexibility index (Phi) is 19.6. The second-order valence-electron chi connectivity index (χ2n) is 7.84. The number of amides is 1. The lowest BCUT2D eigenvalue weighted by Gasteiger charge is -2.03. The Labute approximate surface area is 178 Å². The Hall–Kier alpha value is -1.84. The van der Waals surface area contributed by atoms with E-state index >= 15 is 0 Å². The predicted molar refractivity (Wildman–Crippen MR) is 122 cm³/mol. The molecule has 29 heavy (non-hydrogen) atoms. The molecule has 0 aliphatic rings. The summed E-state index contributed by atoms with van der Waals surface area (Å²) in [7, 11) is 0. The minimum Gasteiger partial charge on any atom is -0.478 e. The van der Waals surface area contributed by atoms with E-state index in [4.69, 9.17) is 10.8 Å². The minimum absolute atomic E-state index is 0.153. The molecule has 1 aromatic rings. The highest BCUT2D eigenvalue weighted by Gasteiger charge is 1.97. The van der Waals surface area contributed by atoms with Crippen LogP contribution in [0.15, 0.2) is 30.3 Å². The van der Waals surface area contributed by atoms with Crippen molar-refractivity contribution in [3.8, 4) is 0 Å². The Morgan fingerprint density at radius 1 is 0.690 bits per heavy atom. The van der Waals surface area contributed by atoms with Gasteiger partial charge in [0, 0.05) is 6.42 Å². The highest BCUT2D eigenvalue weighted by molar-refractivity contribution is 5.87. The number of carbonyl (C=O) groups is 2. The van der Waals surface area contributed by atoms with Crippen molar-refractivity contribution in [1.29, 1.82) is 0 Å². The van der Waals surface area contributed by atoms with Crippen molar-refractivity contribution in [3.63, 3.8) is 0 Å². The van der Waals surface area contributed by atoms with E-state index in [1.807, 2.05) is 0 Å². The topological polar surface area (TPSA) is 80.4 Å². The zero-order valence-electron chi connectivity index (χ0n) is 18.5. The summed E-state index contributed by atoms with van der Waals surface area (Å²) in [6.45, 7) is 2.28. The van der Waals surface area contributed by atoms with E-state index in [0.717, 1.165) is 6.42 Å². The third-order valence-electron chi connectivity index (χ3n) is 5.05. The molecule has 3 N–H and O–H groups in total. The first-order valence-corrected chi connectivity index (χ1v) is 11.6. The van der Waals surface area contributed by atoms with Gasteiger partial charge in [-0.1, -0.05) is 115 Å². The van der Waals surface area contributed by atoms with Crippen molar-refractivity contribution >= 4 is 11.9 Å². The SMILES string of the molecule is CCCCCCCCCCCCCCCCCC(N)=O.O=C(O)c1ccccc1. The van der Waals surface area contributed by atoms with Gasteiger partial charge in [0.1, 0.15) is 0 Å². The van der Waals surface area contributed by atoms with Gasteiger partial charge in [-0.15, -0.1) is 0 Å². The molecule has 0 saturated heterocycles. The van der Waals surface area contributed by atoms with Gasteiger partial charge in [-0.25, -0.2) is 4.79 Å². The summed E-state index contributed by atoms with van der Waals surface area (Å²) in [5.74, 6) is -1.03. The fourth-order valence-corrected chi connectivity index (χ4v) is 3.25. The van der Waals surface area contributed by atoms with Crippen LogP contribution in [0, 0.1) is 0 Å². The summed E-state index contributed by atoms with van der Waals surface area (Å²) >= 11 is 0. The van der Waals surface area contributed by atoms with Crippen molar-refractivity contribution in [2.24, 2.45) is 5.73 Å². The number of carboxylic acid groups (broad SMARTS) is 1. The summed E-state index contributed by atoms with van der Waals surface area (Å²) in [5, 5.41) is 8.38. The highest BCUT2D eigenvalue weighted by atomic mass is 16.4. The Bertz CT molecular complexity index is 502. The second kappa shape index (κ2) is 20.9. The molecule has 0 radical (unpaired) electrons. The van der Waals surface area contributed by atoms with Crippen LogP contribution in [0.3, 0.4) is 0 Å². The zero-order chi connectivity index (χ0) is 21.6. The quantitative estimate of drug-likeness (QED) is 0.271. The monoisotopic (exact) mass is 405 g/mol. The van der Waals surface area contributed by atoms with E-state index in [0.29, 0.717) is 12.0 Å². The standard InChI is InChI=1S/C18H37NO.C7H6O2/c1-2-3-4-5-6-7-8-9-10-11-12-13-14-15-16-17-18(19)20;8-7(9)6-4-2-1-3-5-6/h2-17H2,1H3,(H2,19,20);1-5H,(H,8,9). The molecule has 0 aliphatic heterocycles. The van der Waals surface area contributed by atoms with Crippen LogP contribution in [0.5, 0.6) is 0 Å². The number of carboxylic acids is 1. The maximum atomic E-state index is 10.6. The predicted octanol–water partition coefficient (Wildman–Crippen LogP) is 7.12. The average molecular weight is 406 g/mol. The van der Waals surface area contributed by atoms with Crippen molar-refractivity contribution in [1.82, 2.24) is 0 Å². The van der Waals surface area contributed by atoms with E-state index < -0.39 is 5.97 Å². The number of rotatable bonds is 17. The molecule has 0 heterocycles. The number of hydrogen-bond acceptors (Lipinski definition) is 2. The van der Waals surface area contributed by atoms with Gasteiger partial charge in [-0.05, 0) is 18.6 Å². The largest absolute Gasteiger partial charge is 0.478 e. The summed E-state index contributed by atoms with van der Waals surface area (Å²) in [6.07, 6.45) is 20.9. The number of primary amides is 1.